The molecule has 2 fully saturated rings. The lowest BCUT2D eigenvalue weighted by Gasteiger charge is -2.27. The van der Waals surface area contributed by atoms with Gasteiger partial charge in [-0.15, -0.1) is 0 Å². The maximum absolute atomic E-state index is 13.4. The van der Waals surface area contributed by atoms with Gasteiger partial charge in [0.1, 0.15) is 6.04 Å². The van der Waals surface area contributed by atoms with Crippen LogP contribution in [0.2, 0.25) is 0 Å². The number of aromatic nitrogens is 2. The van der Waals surface area contributed by atoms with Crippen molar-refractivity contribution < 1.29 is 19.2 Å². The van der Waals surface area contributed by atoms with Crippen LogP contribution >= 0.6 is 0 Å². The number of nitrogens with zero attached hydrogens (tertiary/aromatic N) is 3. The van der Waals surface area contributed by atoms with Gasteiger partial charge in [-0.2, -0.15) is 0 Å². The number of carbonyl (C=O) groups excluding carboxylic acids is 1. The number of carboxylic acid groups (broad SMARTS) is 1. The second kappa shape index (κ2) is 6.37. The van der Waals surface area contributed by atoms with Gasteiger partial charge >= 0.3 is 5.97 Å². The zero-order valence-corrected chi connectivity index (χ0v) is 15.1. The number of fused-ring (bicyclic) bond motifs is 1. The number of amides is 1. The van der Waals surface area contributed by atoms with E-state index in [4.69, 9.17) is 4.52 Å². The average Bonchev–Trinajstić information content (AvgIpc) is 3.53. The number of rotatable bonds is 7. The van der Waals surface area contributed by atoms with E-state index in [0.717, 1.165) is 43.5 Å². The fourth-order valence-corrected chi connectivity index (χ4v) is 3.46. The van der Waals surface area contributed by atoms with E-state index in [0.29, 0.717) is 29.0 Å². The molecule has 7 nitrogen and oxygen atoms in total. The van der Waals surface area contributed by atoms with Crippen molar-refractivity contribution in [3.63, 3.8) is 0 Å². The van der Waals surface area contributed by atoms with Crippen molar-refractivity contribution in [2.75, 3.05) is 0 Å². The number of hydrogen-bond acceptors (Lipinski definition) is 5. The molecule has 2 aliphatic carbocycles. The van der Waals surface area contributed by atoms with Crippen LogP contribution in [0.25, 0.3) is 11.1 Å². The van der Waals surface area contributed by atoms with Crippen LogP contribution in [-0.4, -0.2) is 44.1 Å². The van der Waals surface area contributed by atoms with Crippen molar-refractivity contribution in [2.45, 2.75) is 70.4 Å². The van der Waals surface area contributed by atoms with E-state index in [1.807, 2.05) is 13.0 Å². The van der Waals surface area contributed by atoms with Crippen LogP contribution in [0, 0.1) is 0 Å². The van der Waals surface area contributed by atoms with Gasteiger partial charge in [0.25, 0.3) is 11.6 Å². The number of carboxylic acids is 1. The van der Waals surface area contributed by atoms with Gasteiger partial charge in [-0.3, -0.25) is 4.79 Å². The second-order valence-electron chi connectivity index (χ2n) is 7.39. The summed E-state index contributed by atoms with van der Waals surface area (Å²) in [7, 11) is 0. The molecule has 1 amide bonds. The van der Waals surface area contributed by atoms with E-state index in [1.165, 1.54) is 4.90 Å². The minimum Gasteiger partial charge on any atom is -0.480 e. The van der Waals surface area contributed by atoms with Crippen molar-refractivity contribution in [1.29, 1.82) is 0 Å². The fraction of sp³-hybridized carbons (Fsp3) is 0.579. The van der Waals surface area contributed by atoms with Gasteiger partial charge in [-0.05, 0) is 45.1 Å². The quantitative estimate of drug-likeness (QED) is 0.818. The third-order valence-corrected chi connectivity index (χ3v) is 5.20. The Labute approximate surface area is 151 Å². The monoisotopic (exact) mass is 357 g/mol. The minimum atomic E-state index is -0.989. The van der Waals surface area contributed by atoms with Gasteiger partial charge in [-0.1, -0.05) is 18.5 Å². The number of aliphatic carboxylic acids is 1. The lowest BCUT2D eigenvalue weighted by molar-refractivity contribution is -0.141. The van der Waals surface area contributed by atoms with Crippen LogP contribution in [0.3, 0.4) is 0 Å². The molecular weight excluding hydrogens is 334 g/mol. The fourth-order valence-electron chi connectivity index (χ4n) is 3.46. The second-order valence-corrected chi connectivity index (χ2v) is 7.39. The van der Waals surface area contributed by atoms with E-state index < -0.39 is 12.0 Å². The molecule has 2 heterocycles. The normalized spacial score (nSPS) is 18.1. The molecule has 0 bridgehead atoms. The first-order valence-corrected chi connectivity index (χ1v) is 9.36. The van der Waals surface area contributed by atoms with Crippen LogP contribution in [0.5, 0.6) is 0 Å². The molecular formula is C19H23N3O4. The third kappa shape index (κ3) is 2.95. The van der Waals surface area contributed by atoms with E-state index in [1.54, 1.807) is 6.92 Å². The van der Waals surface area contributed by atoms with Gasteiger partial charge in [0.2, 0.25) is 0 Å². The highest BCUT2D eigenvalue weighted by Crippen LogP contribution is 2.41. The molecule has 0 spiro atoms. The molecule has 1 unspecified atom stereocenters. The molecule has 2 saturated carbocycles. The first-order valence-electron chi connectivity index (χ1n) is 9.36. The summed E-state index contributed by atoms with van der Waals surface area (Å²) in [5.74, 6) is -0.883. The molecule has 0 radical (unpaired) electrons. The van der Waals surface area contributed by atoms with Gasteiger partial charge in [0.05, 0.1) is 16.6 Å². The Balaban J connectivity index is 1.83. The molecule has 7 heteroatoms. The Hall–Kier alpha value is -2.44. The molecule has 2 aromatic rings. The number of aryl methyl sites for hydroxylation is 1. The van der Waals surface area contributed by atoms with Crippen LogP contribution in [-0.2, 0) is 11.2 Å². The van der Waals surface area contributed by atoms with Crippen molar-refractivity contribution in [3.8, 4) is 0 Å². The highest BCUT2D eigenvalue weighted by atomic mass is 16.5. The molecule has 1 atom stereocenters. The van der Waals surface area contributed by atoms with E-state index >= 15 is 0 Å². The molecule has 0 aliphatic heterocycles. The summed E-state index contributed by atoms with van der Waals surface area (Å²) < 4.78 is 5.43. The van der Waals surface area contributed by atoms with E-state index in [9.17, 15) is 14.7 Å². The van der Waals surface area contributed by atoms with Crippen molar-refractivity contribution >= 4 is 23.0 Å². The first kappa shape index (κ1) is 17.0. The number of carbonyl (C=O) groups is 2. The van der Waals surface area contributed by atoms with Crippen molar-refractivity contribution in [1.82, 2.24) is 15.0 Å². The molecule has 0 aromatic carbocycles. The maximum atomic E-state index is 13.4. The number of hydrogen-bond donors (Lipinski definition) is 1. The molecule has 0 saturated heterocycles. The van der Waals surface area contributed by atoms with E-state index in [2.05, 4.69) is 10.1 Å². The lowest BCUT2D eigenvalue weighted by Crippen LogP contribution is -2.44. The summed E-state index contributed by atoms with van der Waals surface area (Å²) in [6.45, 7) is 3.61. The summed E-state index contributed by atoms with van der Waals surface area (Å²) in [6, 6.07) is 0.968. The summed E-state index contributed by atoms with van der Waals surface area (Å²) in [5.41, 5.74) is 2.44. The zero-order chi connectivity index (χ0) is 18.4. The maximum Gasteiger partial charge on any atom is 0.326 e. The van der Waals surface area contributed by atoms with E-state index in [-0.39, 0.29) is 11.9 Å². The van der Waals surface area contributed by atoms with Crippen LogP contribution in [0.1, 0.15) is 73.6 Å². The number of pyridine rings is 1. The van der Waals surface area contributed by atoms with Gasteiger partial charge < -0.3 is 14.5 Å². The SMILES string of the molecule is CCCc1noc2nc(C3CC3)cc(C(=O)N(C3CC3)C(C)C(=O)O)c12. The summed E-state index contributed by atoms with van der Waals surface area (Å²) >= 11 is 0. The Morgan fingerprint density at radius 2 is 2.08 bits per heavy atom. The van der Waals surface area contributed by atoms with Gasteiger partial charge in [0, 0.05) is 17.7 Å². The average molecular weight is 357 g/mol. The van der Waals surface area contributed by atoms with Gasteiger partial charge in [0.15, 0.2) is 0 Å². The predicted molar refractivity (Wildman–Crippen MR) is 94.1 cm³/mol. The third-order valence-electron chi connectivity index (χ3n) is 5.20. The van der Waals surface area contributed by atoms with Crippen LogP contribution in [0.4, 0.5) is 0 Å². The Morgan fingerprint density at radius 3 is 2.65 bits per heavy atom. The highest BCUT2D eigenvalue weighted by molar-refractivity contribution is 6.07. The van der Waals surface area contributed by atoms with Crippen molar-refractivity contribution in [3.05, 3.63) is 23.0 Å². The first-order chi connectivity index (χ1) is 12.5. The molecule has 4 rings (SSSR count). The standard InChI is InChI=1S/C19H23N3O4/c1-3-4-14-16-13(9-15(11-5-6-11)20-17(16)26-21-14)18(23)22(12-7-8-12)10(2)19(24)25/h9-12H,3-8H2,1-2H3,(H,24,25). The molecule has 138 valence electrons. The Kier molecular flexibility index (Phi) is 4.17. The van der Waals surface area contributed by atoms with Crippen molar-refractivity contribution in [2.24, 2.45) is 0 Å². The Morgan fingerprint density at radius 1 is 1.35 bits per heavy atom. The topological polar surface area (TPSA) is 96.5 Å². The molecule has 26 heavy (non-hydrogen) atoms. The summed E-state index contributed by atoms with van der Waals surface area (Å²) in [5, 5.41) is 14.2. The van der Waals surface area contributed by atoms with Crippen LogP contribution in [0.15, 0.2) is 10.6 Å². The van der Waals surface area contributed by atoms with Gasteiger partial charge in [-0.25, -0.2) is 9.78 Å². The lowest BCUT2D eigenvalue weighted by atomic mass is 10.0. The molecule has 2 aliphatic rings. The minimum absolute atomic E-state index is 0.00400. The molecule has 1 N–H and O–H groups in total. The largest absolute Gasteiger partial charge is 0.480 e. The summed E-state index contributed by atoms with van der Waals surface area (Å²) in [4.78, 5) is 31.0. The predicted octanol–water partition coefficient (Wildman–Crippen LogP) is 3.13. The Bertz CT molecular complexity index is 867. The van der Waals surface area contributed by atoms with Crippen LogP contribution < -0.4 is 0 Å². The summed E-state index contributed by atoms with van der Waals surface area (Å²) in [6.07, 6.45) is 5.37. The smallest absolute Gasteiger partial charge is 0.326 e. The zero-order valence-electron chi connectivity index (χ0n) is 15.1. The highest BCUT2D eigenvalue weighted by Gasteiger charge is 2.40. The molecule has 2 aromatic heterocycles.